The number of allylic oxidation sites excluding steroid dienone is 2. The summed E-state index contributed by atoms with van der Waals surface area (Å²) in [6.45, 7) is 3.76. The standard InChI is InChI=1S/C21H29NO2/c1-21(12-7-4-8-13-21)20(23)22-14-11-19(24-2)18(16-22)15-17-9-5-3-6-10-17/h3-7,9-10,18-19H,8,11-16H2,1-2H3/t18-,19-,21-/m1/s1. The smallest absolute Gasteiger partial charge is 0.228 e. The number of benzene rings is 1. The number of nitrogens with zero attached hydrogens (tertiary/aromatic N) is 1. The quantitative estimate of drug-likeness (QED) is 0.786. The number of methoxy groups -OCH3 is 1. The summed E-state index contributed by atoms with van der Waals surface area (Å²) in [7, 11) is 1.80. The molecule has 3 heteroatoms. The van der Waals surface area contributed by atoms with Gasteiger partial charge in [0, 0.05) is 26.1 Å². The normalized spacial score (nSPS) is 30.3. The van der Waals surface area contributed by atoms with Crippen LogP contribution in [0.5, 0.6) is 0 Å². The highest BCUT2D eigenvalue weighted by Crippen LogP contribution is 2.36. The predicted molar refractivity (Wildman–Crippen MR) is 96.7 cm³/mol. The molecule has 1 fully saturated rings. The molecule has 0 unspecified atom stereocenters. The molecule has 130 valence electrons. The first-order valence-electron chi connectivity index (χ1n) is 9.13. The summed E-state index contributed by atoms with van der Waals surface area (Å²) in [6, 6.07) is 10.5. The fourth-order valence-corrected chi connectivity index (χ4v) is 4.16. The van der Waals surface area contributed by atoms with Crippen LogP contribution in [0.3, 0.4) is 0 Å². The molecule has 1 aromatic rings. The van der Waals surface area contributed by atoms with Crippen LogP contribution >= 0.6 is 0 Å². The lowest BCUT2D eigenvalue weighted by atomic mass is 9.77. The number of carbonyl (C=O) groups is 1. The van der Waals surface area contributed by atoms with Crippen molar-refractivity contribution in [1.29, 1.82) is 0 Å². The Kier molecular flexibility index (Phi) is 5.40. The Labute approximate surface area is 145 Å². The van der Waals surface area contributed by atoms with Crippen molar-refractivity contribution in [2.45, 2.75) is 45.1 Å². The van der Waals surface area contributed by atoms with Crippen molar-refractivity contribution in [1.82, 2.24) is 4.90 Å². The summed E-state index contributed by atoms with van der Waals surface area (Å²) in [4.78, 5) is 15.2. The molecule has 0 spiro atoms. The van der Waals surface area contributed by atoms with Gasteiger partial charge < -0.3 is 9.64 Å². The van der Waals surface area contributed by atoms with Gasteiger partial charge in [0.15, 0.2) is 0 Å². The van der Waals surface area contributed by atoms with Gasteiger partial charge in [-0.15, -0.1) is 0 Å². The van der Waals surface area contributed by atoms with Crippen molar-refractivity contribution in [2.24, 2.45) is 11.3 Å². The van der Waals surface area contributed by atoms with E-state index in [4.69, 9.17) is 4.74 Å². The van der Waals surface area contributed by atoms with E-state index < -0.39 is 0 Å². The minimum Gasteiger partial charge on any atom is -0.381 e. The fourth-order valence-electron chi connectivity index (χ4n) is 4.16. The van der Waals surface area contributed by atoms with E-state index in [0.29, 0.717) is 11.8 Å². The Hall–Kier alpha value is -1.61. The van der Waals surface area contributed by atoms with E-state index in [1.165, 1.54) is 5.56 Å². The molecule has 3 rings (SSSR count). The second-order valence-electron chi connectivity index (χ2n) is 7.54. The zero-order chi connectivity index (χ0) is 17.0. The predicted octanol–water partition coefficient (Wildman–Crippen LogP) is 3.84. The number of amides is 1. The molecule has 1 aromatic carbocycles. The molecule has 0 bridgehead atoms. The Morgan fingerprint density at radius 2 is 2.08 bits per heavy atom. The average Bonchev–Trinajstić information content (AvgIpc) is 2.62. The topological polar surface area (TPSA) is 29.5 Å². The van der Waals surface area contributed by atoms with Gasteiger partial charge in [0.25, 0.3) is 0 Å². The summed E-state index contributed by atoms with van der Waals surface area (Å²) < 4.78 is 5.73. The molecule has 1 amide bonds. The second-order valence-corrected chi connectivity index (χ2v) is 7.54. The van der Waals surface area contributed by atoms with E-state index in [1.54, 1.807) is 7.11 Å². The SMILES string of the molecule is CO[C@@H]1CCN(C(=O)[C@]2(C)CC=CCC2)C[C@H]1Cc1ccccc1. The maximum absolute atomic E-state index is 13.1. The zero-order valence-corrected chi connectivity index (χ0v) is 14.9. The van der Waals surface area contributed by atoms with Crippen molar-refractivity contribution in [3.05, 3.63) is 48.0 Å². The lowest BCUT2D eigenvalue weighted by molar-refractivity contribution is -0.146. The summed E-state index contributed by atoms with van der Waals surface area (Å²) in [6.07, 6.45) is 9.38. The number of rotatable bonds is 4. The largest absolute Gasteiger partial charge is 0.381 e. The lowest BCUT2D eigenvalue weighted by Crippen LogP contribution is -2.51. The third-order valence-electron chi connectivity index (χ3n) is 5.71. The van der Waals surface area contributed by atoms with Crippen LogP contribution in [0.2, 0.25) is 0 Å². The van der Waals surface area contributed by atoms with Crippen LogP contribution in [0.1, 0.15) is 38.2 Å². The first-order chi connectivity index (χ1) is 11.6. The molecule has 24 heavy (non-hydrogen) atoms. The molecule has 3 atom stereocenters. The van der Waals surface area contributed by atoms with Gasteiger partial charge in [0.1, 0.15) is 0 Å². The maximum Gasteiger partial charge on any atom is 0.228 e. The Balaban J connectivity index is 1.70. The van der Waals surface area contributed by atoms with Crippen LogP contribution < -0.4 is 0 Å². The molecular weight excluding hydrogens is 298 g/mol. The highest BCUT2D eigenvalue weighted by molar-refractivity contribution is 5.83. The van der Waals surface area contributed by atoms with Crippen LogP contribution in [-0.2, 0) is 16.0 Å². The molecule has 1 heterocycles. The van der Waals surface area contributed by atoms with E-state index in [0.717, 1.165) is 45.2 Å². The molecule has 2 aliphatic rings. The van der Waals surface area contributed by atoms with Gasteiger partial charge in [-0.25, -0.2) is 0 Å². The average molecular weight is 327 g/mol. The molecular formula is C21H29NO2. The second kappa shape index (κ2) is 7.52. The van der Waals surface area contributed by atoms with E-state index in [1.807, 2.05) is 6.07 Å². The summed E-state index contributed by atoms with van der Waals surface area (Å²) in [5.41, 5.74) is 1.11. The fraction of sp³-hybridized carbons (Fsp3) is 0.571. The number of piperidine rings is 1. The van der Waals surface area contributed by atoms with Gasteiger partial charge >= 0.3 is 0 Å². The van der Waals surface area contributed by atoms with Crippen LogP contribution in [0.4, 0.5) is 0 Å². The van der Waals surface area contributed by atoms with E-state index in [9.17, 15) is 4.79 Å². The Bertz CT molecular complexity index is 583. The van der Waals surface area contributed by atoms with Crippen molar-refractivity contribution in [3.63, 3.8) is 0 Å². The number of carbonyl (C=O) groups excluding carboxylic acids is 1. The molecule has 0 saturated carbocycles. The van der Waals surface area contributed by atoms with Crippen molar-refractivity contribution in [3.8, 4) is 0 Å². The Morgan fingerprint density at radius 3 is 2.75 bits per heavy atom. The van der Waals surface area contributed by atoms with Crippen molar-refractivity contribution in [2.75, 3.05) is 20.2 Å². The van der Waals surface area contributed by atoms with Gasteiger partial charge in [0.2, 0.25) is 5.91 Å². The molecule has 1 aliphatic heterocycles. The Morgan fingerprint density at radius 1 is 1.29 bits per heavy atom. The highest BCUT2D eigenvalue weighted by Gasteiger charge is 2.40. The minimum absolute atomic E-state index is 0.216. The molecule has 1 saturated heterocycles. The molecule has 3 nitrogen and oxygen atoms in total. The van der Waals surface area contributed by atoms with E-state index >= 15 is 0 Å². The number of hydrogen-bond donors (Lipinski definition) is 0. The van der Waals surface area contributed by atoms with Crippen molar-refractivity contribution >= 4 is 5.91 Å². The molecule has 0 radical (unpaired) electrons. The minimum atomic E-state index is -0.216. The summed E-state index contributed by atoms with van der Waals surface area (Å²) >= 11 is 0. The number of ether oxygens (including phenoxy) is 1. The zero-order valence-electron chi connectivity index (χ0n) is 14.9. The summed E-state index contributed by atoms with van der Waals surface area (Å²) in [5, 5.41) is 0. The van der Waals surface area contributed by atoms with Crippen LogP contribution in [-0.4, -0.2) is 37.1 Å². The highest BCUT2D eigenvalue weighted by atomic mass is 16.5. The molecule has 0 N–H and O–H groups in total. The summed E-state index contributed by atoms with van der Waals surface area (Å²) in [5.74, 6) is 0.706. The monoisotopic (exact) mass is 327 g/mol. The third-order valence-corrected chi connectivity index (χ3v) is 5.71. The first-order valence-corrected chi connectivity index (χ1v) is 9.13. The van der Waals surface area contributed by atoms with Gasteiger partial charge in [-0.2, -0.15) is 0 Å². The van der Waals surface area contributed by atoms with Crippen molar-refractivity contribution < 1.29 is 9.53 Å². The maximum atomic E-state index is 13.1. The molecule has 1 aliphatic carbocycles. The van der Waals surface area contributed by atoms with Gasteiger partial charge in [-0.3, -0.25) is 4.79 Å². The number of hydrogen-bond acceptors (Lipinski definition) is 2. The van der Waals surface area contributed by atoms with Gasteiger partial charge in [-0.1, -0.05) is 49.4 Å². The van der Waals surface area contributed by atoms with E-state index in [2.05, 4.69) is 48.2 Å². The van der Waals surface area contributed by atoms with Gasteiger partial charge in [-0.05, 0) is 37.7 Å². The van der Waals surface area contributed by atoms with Crippen LogP contribution in [0, 0.1) is 11.3 Å². The van der Waals surface area contributed by atoms with Crippen LogP contribution in [0.15, 0.2) is 42.5 Å². The third kappa shape index (κ3) is 3.72. The van der Waals surface area contributed by atoms with Crippen LogP contribution in [0.25, 0.3) is 0 Å². The molecule has 0 aromatic heterocycles. The first kappa shape index (κ1) is 17.2. The number of likely N-dealkylation sites (tertiary alicyclic amines) is 1. The van der Waals surface area contributed by atoms with E-state index in [-0.39, 0.29) is 11.5 Å². The van der Waals surface area contributed by atoms with Gasteiger partial charge in [0.05, 0.1) is 11.5 Å². The lowest BCUT2D eigenvalue weighted by Gasteiger charge is -2.42.